The summed E-state index contributed by atoms with van der Waals surface area (Å²) in [6.45, 7) is 1.68. The molecule has 2 fully saturated rings. The minimum absolute atomic E-state index is 0.219. The molecule has 2 aliphatic carbocycles. The fourth-order valence-corrected chi connectivity index (χ4v) is 4.53. The lowest BCUT2D eigenvalue weighted by molar-refractivity contribution is 0.0671. The van der Waals surface area contributed by atoms with Crippen LogP contribution in [-0.4, -0.2) is 31.1 Å². The molecular weight excluding hydrogens is 236 g/mol. The molecule has 17 heavy (non-hydrogen) atoms. The van der Waals surface area contributed by atoms with Crippen molar-refractivity contribution >= 4 is 9.84 Å². The van der Waals surface area contributed by atoms with Crippen LogP contribution in [0.3, 0.4) is 0 Å². The Bertz CT molecular complexity index is 350. The molecular formula is C13H24O3S. The number of aliphatic hydroxyl groups is 1. The van der Waals surface area contributed by atoms with Crippen LogP contribution in [0.15, 0.2) is 0 Å². The molecule has 0 heterocycles. The molecule has 2 saturated carbocycles. The van der Waals surface area contributed by atoms with Gasteiger partial charge in [-0.2, -0.15) is 0 Å². The number of hydrogen-bond acceptors (Lipinski definition) is 3. The van der Waals surface area contributed by atoms with E-state index in [1.165, 1.54) is 25.7 Å². The second-order valence-electron chi connectivity index (χ2n) is 5.78. The molecule has 0 amide bonds. The predicted molar refractivity (Wildman–Crippen MR) is 68.5 cm³/mol. The van der Waals surface area contributed by atoms with Crippen molar-refractivity contribution in [2.45, 2.75) is 51.6 Å². The maximum atomic E-state index is 11.3. The molecule has 2 aliphatic rings. The fourth-order valence-electron chi connectivity index (χ4n) is 3.64. The first kappa shape index (κ1) is 13.3. The number of aliphatic hydroxyl groups excluding tert-OH is 1. The van der Waals surface area contributed by atoms with Crippen molar-refractivity contribution in [3.63, 3.8) is 0 Å². The maximum Gasteiger partial charge on any atom is 0.150 e. The molecule has 0 spiro atoms. The zero-order valence-electron chi connectivity index (χ0n) is 10.6. The molecule has 4 heteroatoms. The van der Waals surface area contributed by atoms with Gasteiger partial charge in [0.1, 0.15) is 9.84 Å². The summed E-state index contributed by atoms with van der Waals surface area (Å²) in [6, 6.07) is 0. The van der Waals surface area contributed by atoms with Crippen LogP contribution in [0.4, 0.5) is 0 Å². The molecule has 2 rings (SSSR count). The van der Waals surface area contributed by atoms with E-state index >= 15 is 0 Å². The molecule has 0 aromatic carbocycles. The quantitative estimate of drug-likeness (QED) is 0.794. The molecule has 2 bridgehead atoms. The first-order valence-electron chi connectivity index (χ1n) is 6.90. The highest BCUT2D eigenvalue weighted by atomic mass is 32.2. The van der Waals surface area contributed by atoms with Crippen LogP contribution in [0.25, 0.3) is 0 Å². The molecule has 0 radical (unpaired) electrons. The first-order valence-corrected chi connectivity index (χ1v) is 8.72. The second kappa shape index (κ2) is 5.27. The summed E-state index contributed by atoms with van der Waals surface area (Å²) in [6.07, 6.45) is 6.11. The molecule has 0 aliphatic heterocycles. The minimum atomic E-state index is -2.86. The van der Waals surface area contributed by atoms with E-state index in [1.807, 2.05) is 0 Å². The third-order valence-electron chi connectivity index (χ3n) is 4.68. The van der Waals surface area contributed by atoms with Gasteiger partial charge in [-0.3, -0.25) is 0 Å². The molecule has 0 aromatic heterocycles. The van der Waals surface area contributed by atoms with Gasteiger partial charge in [0.15, 0.2) is 0 Å². The average molecular weight is 260 g/mol. The monoisotopic (exact) mass is 260 g/mol. The Balaban J connectivity index is 1.73. The Labute approximate surface area is 105 Å². The predicted octanol–water partition coefficient (Wildman–Crippen LogP) is 2.00. The second-order valence-corrected chi connectivity index (χ2v) is 8.26. The highest BCUT2D eigenvalue weighted by Crippen LogP contribution is 2.50. The van der Waals surface area contributed by atoms with E-state index in [-0.39, 0.29) is 17.6 Å². The highest BCUT2D eigenvalue weighted by Gasteiger charge is 2.42. The van der Waals surface area contributed by atoms with Gasteiger partial charge < -0.3 is 5.11 Å². The topological polar surface area (TPSA) is 54.4 Å². The summed E-state index contributed by atoms with van der Waals surface area (Å²) in [5.41, 5.74) is 0. The summed E-state index contributed by atoms with van der Waals surface area (Å²) >= 11 is 0. The summed E-state index contributed by atoms with van der Waals surface area (Å²) in [4.78, 5) is 0. The lowest BCUT2D eigenvalue weighted by Gasteiger charge is -2.26. The Morgan fingerprint density at radius 2 is 2.06 bits per heavy atom. The van der Waals surface area contributed by atoms with Crippen LogP contribution in [-0.2, 0) is 9.84 Å². The SMILES string of the molecule is CCS(=O)(=O)CCCC(O)C1CC2CCC1C2. The number of hydrogen-bond donors (Lipinski definition) is 1. The Hall–Kier alpha value is -0.0900. The van der Waals surface area contributed by atoms with Crippen LogP contribution in [0.1, 0.15) is 45.4 Å². The van der Waals surface area contributed by atoms with E-state index in [0.717, 1.165) is 11.8 Å². The molecule has 1 N–H and O–H groups in total. The smallest absolute Gasteiger partial charge is 0.150 e. The lowest BCUT2D eigenvalue weighted by Crippen LogP contribution is -2.26. The Kier molecular flexibility index (Phi) is 4.14. The van der Waals surface area contributed by atoms with E-state index in [4.69, 9.17) is 0 Å². The molecule has 0 aromatic rings. The van der Waals surface area contributed by atoms with Gasteiger partial charge in [0, 0.05) is 5.75 Å². The Morgan fingerprint density at radius 1 is 1.29 bits per heavy atom. The van der Waals surface area contributed by atoms with Crippen molar-refractivity contribution in [3.05, 3.63) is 0 Å². The number of fused-ring (bicyclic) bond motifs is 2. The van der Waals surface area contributed by atoms with Crippen LogP contribution in [0, 0.1) is 17.8 Å². The maximum absolute atomic E-state index is 11.3. The zero-order chi connectivity index (χ0) is 12.5. The van der Waals surface area contributed by atoms with Gasteiger partial charge in [0.2, 0.25) is 0 Å². The van der Waals surface area contributed by atoms with E-state index in [2.05, 4.69) is 0 Å². The number of sulfone groups is 1. The third-order valence-corrected chi connectivity index (χ3v) is 6.47. The summed E-state index contributed by atoms with van der Waals surface area (Å²) in [7, 11) is -2.86. The number of rotatable bonds is 6. The summed E-state index contributed by atoms with van der Waals surface area (Å²) in [5, 5.41) is 10.1. The van der Waals surface area contributed by atoms with E-state index in [9.17, 15) is 13.5 Å². The average Bonchev–Trinajstić information content (AvgIpc) is 2.90. The summed E-state index contributed by atoms with van der Waals surface area (Å²) < 4.78 is 22.7. The largest absolute Gasteiger partial charge is 0.393 e. The minimum Gasteiger partial charge on any atom is -0.393 e. The molecule has 4 atom stereocenters. The highest BCUT2D eigenvalue weighted by molar-refractivity contribution is 7.91. The molecule has 4 unspecified atom stereocenters. The molecule has 100 valence electrons. The van der Waals surface area contributed by atoms with Crippen molar-refractivity contribution in [1.29, 1.82) is 0 Å². The van der Waals surface area contributed by atoms with Gasteiger partial charge in [0.25, 0.3) is 0 Å². The van der Waals surface area contributed by atoms with Crippen LogP contribution in [0.2, 0.25) is 0 Å². The third kappa shape index (κ3) is 3.22. The molecule has 0 saturated heterocycles. The van der Waals surface area contributed by atoms with Crippen LogP contribution < -0.4 is 0 Å². The lowest BCUT2D eigenvalue weighted by atomic mass is 9.83. The van der Waals surface area contributed by atoms with Crippen LogP contribution in [0.5, 0.6) is 0 Å². The van der Waals surface area contributed by atoms with Gasteiger partial charge in [-0.15, -0.1) is 0 Å². The van der Waals surface area contributed by atoms with Crippen molar-refractivity contribution < 1.29 is 13.5 Å². The van der Waals surface area contributed by atoms with E-state index in [0.29, 0.717) is 18.8 Å². The molecule has 3 nitrogen and oxygen atoms in total. The first-order chi connectivity index (χ1) is 8.02. The van der Waals surface area contributed by atoms with E-state index < -0.39 is 9.84 Å². The van der Waals surface area contributed by atoms with Crippen molar-refractivity contribution in [1.82, 2.24) is 0 Å². The van der Waals surface area contributed by atoms with Crippen molar-refractivity contribution in [3.8, 4) is 0 Å². The van der Waals surface area contributed by atoms with Gasteiger partial charge >= 0.3 is 0 Å². The zero-order valence-corrected chi connectivity index (χ0v) is 11.5. The van der Waals surface area contributed by atoms with Gasteiger partial charge in [-0.1, -0.05) is 13.3 Å². The standard InChI is InChI=1S/C13H24O3S/c1-2-17(15,16)7-3-4-13(14)12-9-10-5-6-11(12)8-10/h10-14H,2-9H2,1H3. The van der Waals surface area contributed by atoms with Gasteiger partial charge in [0.05, 0.1) is 11.9 Å². The van der Waals surface area contributed by atoms with E-state index in [1.54, 1.807) is 6.92 Å². The van der Waals surface area contributed by atoms with Crippen molar-refractivity contribution in [2.75, 3.05) is 11.5 Å². The fraction of sp³-hybridized carbons (Fsp3) is 1.00. The Morgan fingerprint density at radius 3 is 2.59 bits per heavy atom. The van der Waals surface area contributed by atoms with Gasteiger partial charge in [-0.25, -0.2) is 8.42 Å². The van der Waals surface area contributed by atoms with Crippen molar-refractivity contribution in [2.24, 2.45) is 17.8 Å². The summed E-state index contributed by atoms with van der Waals surface area (Å²) in [5.74, 6) is 2.48. The van der Waals surface area contributed by atoms with Crippen LogP contribution >= 0.6 is 0 Å². The normalized spacial score (nSPS) is 34.1. The van der Waals surface area contributed by atoms with Gasteiger partial charge in [-0.05, 0) is 49.9 Å².